The molecular weight excluding hydrogens is 666 g/mol. The highest BCUT2D eigenvalue weighted by molar-refractivity contribution is 7.77. The number of nitrogens with one attached hydrogen (secondary N) is 1. The Labute approximate surface area is 310 Å². The second-order valence-corrected chi connectivity index (χ2v) is 15.7. The van der Waals surface area contributed by atoms with Crippen LogP contribution in [-0.4, -0.2) is 45.2 Å². The Kier molecular flexibility index (Phi) is 18.2. The van der Waals surface area contributed by atoms with Crippen LogP contribution >= 0.6 is 15.8 Å². The van der Waals surface area contributed by atoms with Crippen molar-refractivity contribution in [3.05, 3.63) is 144 Å². The molecule has 0 aliphatic carbocycles. The minimum absolute atomic E-state index is 0.0206. The molecule has 0 aromatic heterocycles. The maximum absolute atomic E-state index is 6.26. The fraction of sp³-hybridized carbons (Fsp3) is 0.341. The van der Waals surface area contributed by atoms with Crippen LogP contribution in [0, 0.1) is 5.92 Å². The van der Waals surface area contributed by atoms with Gasteiger partial charge in [0.15, 0.2) is 18.0 Å². The van der Waals surface area contributed by atoms with Crippen LogP contribution in [0.5, 0.6) is 0 Å². The highest BCUT2D eigenvalue weighted by Gasteiger charge is 2.46. The van der Waals surface area contributed by atoms with Crippen LogP contribution in [-0.2, 0) is 14.2 Å². The molecule has 4 atom stereocenters. The SMILES string of the molecule is CC.CC.CC.COC1=CC(P(c2ccccc2)c2ccccc2)=C([C@H]2C(OC)=N[C@@H](OC)C[C@H]2P(c2ccccc2)c2ccccc2)[C@H](C)N1. The smallest absolute Gasteiger partial charge is 0.193 e. The van der Waals surface area contributed by atoms with E-state index < -0.39 is 15.8 Å². The molecular formula is C44H58N2O3P2. The summed E-state index contributed by atoms with van der Waals surface area (Å²) in [6.07, 6.45) is 2.72. The van der Waals surface area contributed by atoms with Gasteiger partial charge in [0.2, 0.25) is 0 Å². The lowest BCUT2D eigenvalue weighted by molar-refractivity contribution is 0.0897. The first-order chi connectivity index (χ1) is 25.1. The lowest BCUT2D eigenvalue weighted by atomic mass is 9.85. The van der Waals surface area contributed by atoms with Crippen molar-refractivity contribution in [1.82, 2.24) is 5.32 Å². The van der Waals surface area contributed by atoms with Gasteiger partial charge in [-0.2, -0.15) is 0 Å². The van der Waals surface area contributed by atoms with Crippen molar-refractivity contribution in [2.24, 2.45) is 10.9 Å². The molecule has 51 heavy (non-hydrogen) atoms. The number of hydrogen-bond acceptors (Lipinski definition) is 5. The monoisotopic (exact) mass is 724 g/mol. The maximum atomic E-state index is 6.26. The normalized spacial score (nSPS) is 19.5. The second kappa shape index (κ2) is 22.2. The van der Waals surface area contributed by atoms with E-state index in [9.17, 15) is 0 Å². The summed E-state index contributed by atoms with van der Waals surface area (Å²) >= 11 is 0. The van der Waals surface area contributed by atoms with E-state index in [2.05, 4.69) is 140 Å². The van der Waals surface area contributed by atoms with Gasteiger partial charge in [-0.05, 0) is 54.9 Å². The Bertz CT molecular complexity index is 1570. The maximum Gasteiger partial charge on any atom is 0.193 e. The topological polar surface area (TPSA) is 52.1 Å². The summed E-state index contributed by atoms with van der Waals surface area (Å²) in [5, 5.41) is 10.2. The lowest BCUT2D eigenvalue weighted by Crippen LogP contribution is -2.46. The van der Waals surface area contributed by atoms with Crippen LogP contribution in [0.15, 0.2) is 149 Å². The Hall–Kier alpha value is -3.75. The molecule has 0 radical (unpaired) electrons. The number of dihydropyridines is 1. The van der Waals surface area contributed by atoms with Crippen molar-refractivity contribution >= 4 is 43.0 Å². The third-order valence-electron chi connectivity index (χ3n) is 8.46. The number of methoxy groups -OCH3 is 3. The zero-order valence-corrected chi connectivity index (χ0v) is 34.0. The fourth-order valence-electron chi connectivity index (χ4n) is 6.50. The van der Waals surface area contributed by atoms with Crippen molar-refractivity contribution < 1.29 is 14.2 Å². The number of aliphatic imine (C=N–C) groups is 1. The largest absolute Gasteiger partial charge is 0.484 e. The molecule has 7 heteroatoms. The summed E-state index contributed by atoms with van der Waals surface area (Å²) in [7, 11) is 3.48. The van der Waals surface area contributed by atoms with Gasteiger partial charge in [0.1, 0.15) is 0 Å². The molecule has 0 fully saturated rings. The van der Waals surface area contributed by atoms with Crippen LogP contribution in [0.25, 0.3) is 0 Å². The minimum Gasteiger partial charge on any atom is -0.484 e. The molecule has 0 unspecified atom stereocenters. The van der Waals surface area contributed by atoms with Crippen molar-refractivity contribution in [2.75, 3.05) is 21.3 Å². The molecule has 2 aliphatic heterocycles. The van der Waals surface area contributed by atoms with Gasteiger partial charge in [0.25, 0.3) is 0 Å². The Morgan fingerprint density at radius 3 is 1.43 bits per heavy atom. The summed E-state index contributed by atoms with van der Waals surface area (Å²) in [6.45, 7) is 14.2. The zero-order chi connectivity index (χ0) is 37.2. The molecule has 0 saturated carbocycles. The quantitative estimate of drug-likeness (QED) is 0.175. The molecule has 1 N–H and O–H groups in total. The number of nitrogens with zero attached hydrogens (tertiary/aromatic N) is 1. The molecule has 0 bridgehead atoms. The minimum atomic E-state index is -0.929. The molecule has 0 spiro atoms. The first-order valence-corrected chi connectivity index (χ1v) is 21.1. The van der Waals surface area contributed by atoms with E-state index in [0.717, 1.165) is 18.2 Å². The third kappa shape index (κ3) is 10.2. The first-order valence-electron chi connectivity index (χ1n) is 18.3. The summed E-state index contributed by atoms with van der Waals surface area (Å²) in [5.74, 6) is 1.41. The predicted octanol–water partition coefficient (Wildman–Crippen LogP) is 9.47. The van der Waals surface area contributed by atoms with Gasteiger partial charge in [0.05, 0.1) is 20.1 Å². The second-order valence-electron chi connectivity index (χ2n) is 11.1. The third-order valence-corrected chi connectivity index (χ3v) is 13.8. The van der Waals surface area contributed by atoms with Crippen LogP contribution in [0.4, 0.5) is 0 Å². The van der Waals surface area contributed by atoms with Crippen molar-refractivity contribution in [3.63, 3.8) is 0 Å². The summed E-state index contributed by atoms with van der Waals surface area (Å²) in [5.41, 5.74) is 1.46. The highest BCUT2D eigenvalue weighted by atomic mass is 31.1. The first kappa shape index (κ1) is 41.7. The standard InChI is InChI=1S/C38H40N2O3P2.3C2H6/c1-27-36(32(25-34(39-27)41-2)44(28-17-9-5-10-18-28)29-19-11-6-12-20-29)37-33(26-35(42-3)40-38(37)43-4)45(30-21-13-7-14-22-30)31-23-15-8-16-24-31;3*1-2/h5-25,27,33,35,37,39H,26H2,1-4H3;3*1-2H3/t27-,33+,35-,37-;;;/m0.../s1. The summed E-state index contributed by atoms with van der Waals surface area (Å²) < 4.78 is 18.1. The number of allylic oxidation sites excluding steroid dienone is 2. The van der Waals surface area contributed by atoms with E-state index in [1.54, 1.807) is 21.3 Å². The van der Waals surface area contributed by atoms with Gasteiger partial charge in [-0.1, -0.05) is 163 Å². The fourth-order valence-corrected chi connectivity index (χ4v) is 12.2. The molecule has 4 aromatic carbocycles. The van der Waals surface area contributed by atoms with E-state index in [0.29, 0.717) is 0 Å². The van der Waals surface area contributed by atoms with Crippen LogP contribution < -0.4 is 26.5 Å². The molecule has 4 aromatic rings. The van der Waals surface area contributed by atoms with Crippen LogP contribution in [0.2, 0.25) is 0 Å². The van der Waals surface area contributed by atoms with Crippen LogP contribution in [0.3, 0.4) is 0 Å². The average Bonchev–Trinajstić information content (AvgIpc) is 3.22. The molecule has 0 saturated heterocycles. The molecule has 5 nitrogen and oxygen atoms in total. The van der Waals surface area contributed by atoms with Gasteiger partial charge in [-0.25, -0.2) is 4.99 Å². The number of ether oxygens (including phenoxy) is 3. The van der Waals surface area contributed by atoms with Gasteiger partial charge < -0.3 is 19.5 Å². The number of benzene rings is 4. The van der Waals surface area contributed by atoms with E-state index in [1.807, 2.05) is 41.5 Å². The Morgan fingerprint density at radius 1 is 0.608 bits per heavy atom. The summed E-state index contributed by atoms with van der Waals surface area (Å²) in [4.78, 5) is 5.08. The Balaban J connectivity index is 0.00000111. The van der Waals surface area contributed by atoms with E-state index in [-0.39, 0.29) is 23.8 Å². The van der Waals surface area contributed by atoms with Gasteiger partial charge in [-0.15, -0.1) is 0 Å². The molecule has 6 rings (SSSR count). The molecule has 272 valence electrons. The van der Waals surface area contributed by atoms with Gasteiger partial charge >= 0.3 is 0 Å². The lowest BCUT2D eigenvalue weighted by Gasteiger charge is -2.44. The van der Waals surface area contributed by atoms with Crippen molar-refractivity contribution in [3.8, 4) is 0 Å². The number of hydrogen-bond donors (Lipinski definition) is 1. The van der Waals surface area contributed by atoms with E-state index in [1.165, 1.54) is 32.1 Å². The van der Waals surface area contributed by atoms with Crippen molar-refractivity contribution in [1.29, 1.82) is 0 Å². The van der Waals surface area contributed by atoms with Gasteiger partial charge in [0, 0.05) is 31.3 Å². The highest BCUT2D eigenvalue weighted by Crippen LogP contribution is 2.55. The van der Waals surface area contributed by atoms with Gasteiger partial charge in [-0.3, -0.25) is 0 Å². The Morgan fingerprint density at radius 2 is 1.04 bits per heavy atom. The average molecular weight is 725 g/mol. The zero-order valence-electron chi connectivity index (χ0n) is 32.2. The van der Waals surface area contributed by atoms with Crippen LogP contribution in [0.1, 0.15) is 54.9 Å². The number of rotatable bonds is 9. The van der Waals surface area contributed by atoms with E-state index >= 15 is 0 Å². The van der Waals surface area contributed by atoms with E-state index in [4.69, 9.17) is 19.2 Å². The van der Waals surface area contributed by atoms with Crippen molar-refractivity contribution in [2.45, 2.75) is 72.8 Å². The molecule has 2 heterocycles. The predicted molar refractivity (Wildman–Crippen MR) is 224 cm³/mol. The summed E-state index contributed by atoms with van der Waals surface area (Å²) in [6, 6.07) is 43.6. The molecule has 2 aliphatic rings. The molecule has 0 amide bonds.